The Balaban J connectivity index is 1.42. The molecule has 0 saturated carbocycles. The molecule has 5 aromatic rings. The number of nitrogens with one attached hydrogen (secondary N) is 1. The van der Waals surface area contributed by atoms with Crippen LogP contribution >= 0.6 is 11.6 Å². The number of rotatable bonds is 6. The number of hydrogen-bond donors (Lipinski definition) is 1. The predicted molar refractivity (Wildman–Crippen MR) is 163 cm³/mol. The van der Waals surface area contributed by atoms with Crippen LogP contribution in [0.3, 0.4) is 0 Å². The van der Waals surface area contributed by atoms with E-state index in [2.05, 4.69) is 58.6 Å². The summed E-state index contributed by atoms with van der Waals surface area (Å²) in [5, 5.41) is 17.4. The van der Waals surface area contributed by atoms with E-state index in [-0.39, 0.29) is 6.04 Å². The molecule has 8 nitrogen and oxygen atoms in total. The van der Waals surface area contributed by atoms with Crippen molar-refractivity contribution in [2.24, 2.45) is 0 Å². The number of benzene rings is 3. The number of halogens is 1. The van der Waals surface area contributed by atoms with Gasteiger partial charge in [0.15, 0.2) is 0 Å². The molecular formula is C32H31ClN6O2. The highest BCUT2D eigenvalue weighted by atomic mass is 35.5. The summed E-state index contributed by atoms with van der Waals surface area (Å²) in [4.78, 5) is 14.5. The van der Waals surface area contributed by atoms with Gasteiger partial charge in [0.2, 0.25) is 0 Å². The van der Waals surface area contributed by atoms with Crippen LogP contribution in [-0.4, -0.2) is 66.8 Å². The number of ether oxygens (including phenoxy) is 1. The van der Waals surface area contributed by atoms with Crippen LogP contribution in [0.2, 0.25) is 5.02 Å². The van der Waals surface area contributed by atoms with Crippen molar-refractivity contribution in [2.75, 3.05) is 44.7 Å². The Labute approximate surface area is 243 Å². The molecule has 2 aromatic heterocycles. The van der Waals surface area contributed by atoms with Crippen LogP contribution in [0.5, 0.6) is 6.01 Å². The van der Waals surface area contributed by atoms with E-state index in [1.54, 1.807) is 6.26 Å². The van der Waals surface area contributed by atoms with Gasteiger partial charge in [0.05, 0.1) is 29.7 Å². The third kappa shape index (κ3) is 4.74. The molecule has 0 amide bonds. The third-order valence-corrected chi connectivity index (χ3v) is 8.79. The first-order chi connectivity index (χ1) is 20.1. The number of anilines is 1. The second-order valence-electron chi connectivity index (χ2n) is 11.0. The predicted octanol–water partition coefficient (Wildman–Crippen LogP) is 6.01. The van der Waals surface area contributed by atoms with Crippen LogP contribution in [0.15, 0.2) is 59.2 Å². The van der Waals surface area contributed by atoms with Crippen LogP contribution in [0, 0.1) is 11.3 Å². The third-order valence-electron chi connectivity index (χ3n) is 8.47. The van der Waals surface area contributed by atoms with E-state index < -0.39 is 0 Å². The zero-order valence-corrected chi connectivity index (χ0v) is 23.7. The van der Waals surface area contributed by atoms with Crippen LogP contribution in [0.25, 0.3) is 43.8 Å². The highest BCUT2D eigenvalue weighted by Gasteiger charge is 2.27. The molecule has 41 heavy (non-hydrogen) atoms. The molecule has 2 atom stereocenters. The number of hydrogen-bond acceptors (Lipinski definition) is 8. The standard InChI is InChI=1S/C32H31ClN6O2/c1-38-14-4-7-22(38)19-41-32-36-27-17-25(23-8-2-5-20-6-3-9-26(33)28(20)23)24-11-16-40-30(24)29(27)31(37-32)39-15-13-35-21(18-39)10-12-34/h2-3,5-6,8-9,11,16-17,21-22,35H,4,7,10,13-15,18-19H2,1H3. The number of furan rings is 1. The van der Waals surface area contributed by atoms with E-state index in [1.165, 1.54) is 6.42 Å². The number of likely N-dealkylation sites (tertiary alicyclic amines) is 1. The maximum absolute atomic E-state index is 9.35. The van der Waals surface area contributed by atoms with E-state index in [4.69, 9.17) is 30.7 Å². The number of likely N-dealkylation sites (N-methyl/N-ethyl adjacent to an activating group) is 1. The molecule has 7 rings (SSSR count). The Bertz CT molecular complexity index is 1790. The quantitative estimate of drug-likeness (QED) is 0.267. The minimum atomic E-state index is 0.0551. The second kappa shape index (κ2) is 10.8. The van der Waals surface area contributed by atoms with Crippen LogP contribution in [-0.2, 0) is 0 Å². The number of fused-ring (bicyclic) bond motifs is 4. The summed E-state index contributed by atoms with van der Waals surface area (Å²) in [5.41, 5.74) is 3.50. The fraction of sp³-hybridized carbons (Fsp3) is 0.344. The topological polar surface area (TPSA) is 90.5 Å². The second-order valence-corrected chi connectivity index (χ2v) is 11.4. The lowest BCUT2D eigenvalue weighted by Gasteiger charge is -2.34. The van der Waals surface area contributed by atoms with Gasteiger partial charge in [-0.1, -0.05) is 41.9 Å². The molecule has 9 heteroatoms. The molecule has 3 aromatic carbocycles. The summed E-state index contributed by atoms with van der Waals surface area (Å²) in [7, 11) is 2.14. The van der Waals surface area contributed by atoms with Gasteiger partial charge in [0, 0.05) is 47.5 Å². The minimum absolute atomic E-state index is 0.0551. The Morgan fingerprint density at radius 2 is 2.00 bits per heavy atom. The number of aromatic nitrogens is 2. The van der Waals surface area contributed by atoms with Crippen molar-refractivity contribution >= 4 is 50.1 Å². The SMILES string of the molecule is CN1CCCC1COc1nc(N2CCNC(CC#N)C2)c2c(cc(-c3cccc4cccc(Cl)c34)c3ccoc32)n1. The molecule has 2 unspecified atom stereocenters. The lowest BCUT2D eigenvalue weighted by atomic mass is 9.94. The van der Waals surface area contributed by atoms with Gasteiger partial charge >= 0.3 is 6.01 Å². The largest absolute Gasteiger partial charge is 0.463 e. The van der Waals surface area contributed by atoms with E-state index in [1.807, 2.05) is 18.2 Å². The minimum Gasteiger partial charge on any atom is -0.463 e. The fourth-order valence-corrected chi connectivity index (χ4v) is 6.64. The maximum Gasteiger partial charge on any atom is 0.319 e. The normalized spacial score (nSPS) is 19.8. The fourth-order valence-electron chi connectivity index (χ4n) is 6.36. The van der Waals surface area contributed by atoms with Crippen molar-refractivity contribution in [3.8, 4) is 23.2 Å². The molecule has 2 aliphatic rings. The lowest BCUT2D eigenvalue weighted by molar-refractivity contribution is 0.188. The molecule has 0 aliphatic carbocycles. The van der Waals surface area contributed by atoms with E-state index >= 15 is 0 Å². The van der Waals surface area contributed by atoms with Crippen molar-refractivity contribution in [3.05, 3.63) is 59.8 Å². The molecular weight excluding hydrogens is 536 g/mol. The van der Waals surface area contributed by atoms with Gasteiger partial charge < -0.3 is 24.3 Å². The first-order valence-electron chi connectivity index (χ1n) is 14.2. The molecule has 2 saturated heterocycles. The van der Waals surface area contributed by atoms with E-state index in [0.29, 0.717) is 36.6 Å². The Morgan fingerprint density at radius 3 is 2.83 bits per heavy atom. The van der Waals surface area contributed by atoms with Gasteiger partial charge in [-0.05, 0) is 61.1 Å². The van der Waals surface area contributed by atoms with E-state index in [9.17, 15) is 5.26 Å². The maximum atomic E-state index is 9.35. The smallest absolute Gasteiger partial charge is 0.319 e. The first kappa shape index (κ1) is 26.0. The highest BCUT2D eigenvalue weighted by Crippen LogP contribution is 2.42. The first-order valence-corrected chi connectivity index (χ1v) is 14.6. The Kier molecular flexibility index (Phi) is 6.87. The summed E-state index contributed by atoms with van der Waals surface area (Å²) < 4.78 is 12.5. The zero-order chi connectivity index (χ0) is 27.9. The number of piperazine rings is 1. The Hall–Kier alpha value is -3.90. The molecule has 0 radical (unpaired) electrons. The van der Waals surface area contributed by atoms with Gasteiger partial charge in [0.1, 0.15) is 18.0 Å². The van der Waals surface area contributed by atoms with E-state index in [0.717, 1.165) is 75.6 Å². The van der Waals surface area contributed by atoms with Crippen LogP contribution in [0.1, 0.15) is 19.3 Å². The summed E-state index contributed by atoms with van der Waals surface area (Å²) in [6.07, 6.45) is 4.42. The monoisotopic (exact) mass is 566 g/mol. The van der Waals surface area contributed by atoms with Crippen molar-refractivity contribution in [2.45, 2.75) is 31.3 Å². The summed E-state index contributed by atoms with van der Waals surface area (Å²) >= 11 is 6.75. The van der Waals surface area contributed by atoms with Crippen LogP contribution in [0.4, 0.5) is 5.82 Å². The number of nitriles is 1. The van der Waals surface area contributed by atoms with Crippen molar-refractivity contribution in [1.29, 1.82) is 5.26 Å². The Morgan fingerprint density at radius 1 is 1.12 bits per heavy atom. The number of nitrogens with zero attached hydrogens (tertiary/aromatic N) is 5. The molecule has 0 bridgehead atoms. The van der Waals surface area contributed by atoms with Crippen molar-refractivity contribution in [3.63, 3.8) is 0 Å². The summed E-state index contributed by atoms with van der Waals surface area (Å²) in [5.74, 6) is 0.775. The average Bonchev–Trinajstić information content (AvgIpc) is 3.64. The molecule has 1 N–H and O–H groups in total. The molecule has 4 heterocycles. The summed E-state index contributed by atoms with van der Waals surface area (Å²) in [6.45, 7) is 3.78. The molecule has 2 aliphatic heterocycles. The molecule has 208 valence electrons. The van der Waals surface area contributed by atoms with Gasteiger partial charge in [-0.2, -0.15) is 15.2 Å². The zero-order valence-electron chi connectivity index (χ0n) is 22.9. The van der Waals surface area contributed by atoms with Crippen molar-refractivity contribution < 1.29 is 9.15 Å². The molecule has 0 spiro atoms. The van der Waals surface area contributed by atoms with Gasteiger partial charge in [-0.25, -0.2) is 0 Å². The van der Waals surface area contributed by atoms with Gasteiger partial charge in [-0.3, -0.25) is 0 Å². The van der Waals surface area contributed by atoms with Gasteiger partial charge in [-0.15, -0.1) is 0 Å². The van der Waals surface area contributed by atoms with Crippen molar-refractivity contribution in [1.82, 2.24) is 20.2 Å². The average molecular weight is 567 g/mol. The highest BCUT2D eigenvalue weighted by molar-refractivity contribution is 6.37. The molecule has 2 fully saturated rings. The van der Waals surface area contributed by atoms with Gasteiger partial charge in [0.25, 0.3) is 0 Å². The lowest BCUT2D eigenvalue weighted by Crippen LogP contribution is -2.51. The summed E-state index contributed by atoms with van der Waals surface area (Å²) in [6, 6.07) is 19.4. The van der Waals surface area contributed by atoms with Crippen LogP contribution < -0.4 is 15.0 Å².